The Morgan fingerprint density at radius 3 is 2.53 bits per heavy atom. The molecule has 0 aromatic heterocycles. The van der Waals surface area contributed by atoms with Crippen LogP contribution in [0.2, 0.25) is 0 Å². The number of carbonyl (C=O) groups is 1. The van der Waals surface area contributed by atoms with Crippen LogP contribution in [0.25, 0.3) is 0 Å². The van der Waals surface area contributed by atoms with Gasteiger partial charge in [0, 0.05) is 38.1 Å². The topological polar surface area (TPSA) is 67.6 Å². The molecule has 1 saturated heterocycles. The fourth-order valence-corrected chi connectivity index (χ4v) is 2.43. The molecule has 1 fully saturated rings. The minimum atomic E-state index is 0.0967. The van der Waals surface area contributed by atoms with E-state index in [1.807, 2.05) is 17.0 Å². The third-order valence-electron chi connectivity index (χ3n) is 3.60. The molecule has 0 saturated carbocycles. The minimum absolute atomic E-state index is 0.0967. The highest BCUT2D eigenvalue weighted by Crippen LogP contribution is 2.19. The summed E-state index contributed by atoms with van der Waals surface area (Å²) in [5, 5.41) is 0. The van der Waals surface area contributed by atoms with Gasteiger partial charge in [-0.1, -0.05) is 0 Å². The standard InChI is InChI=1S/C14H21N3O2/c1-19-10-11-6-8-17(9-7-11)14(18)12-2-4-13(16-15)5-3-12/h2-5,11,16H,6-10,15H2,1H3. The van der Waals surface area contributed by atoms with Gasteiger partial charge in [-0.25, -0.2) is 0 Å². The minimum Gasteiger partial charge on any atom is -0.384 e. The second-order valence-corrected chi connectivity index (χ2v) is 4.91. The molecule has 5 nitrogen and oxygen atoms in total. The summed E-state index contributed by atoms with van der Waals surface area (Å²) in [6, 6.07) is 7.23. The molecule has 3 N–H and O–H groups in total. The predicted molar refractivity (Wildman–Crippen MR) is 74.8 cm³/mol. The number of anilines is 1. The Balaban J connectivity index is 1.93. The fraction of sp³-hybridized carbons (Fsp3) is 0.500. The van der Waals surface area contributed by atoms with Crippen molar-refractivity contribution in [3.8, 4) is 0 Å². The average Bonchev–Trinajstić information content (AvgIpc) is 2.48. The van der Waals surface area contributed by atoms with Crippen molar-refractivity contribution < 1.29 is 9.53 Å². The molecule has 2 rings (SSSR count). The van der Waals surface area contributed by atoms with Gasteiger partial charge in [-0.2, -0.15) is 0 Å². The van der Waals surface area contributed by atoms with Gasteiger partial charge in [-0.05, 0) is 43.0 Å². The van der Waals surface area contributed by atoms with Crippen molar-refractivity contribution in [2.75, 3.05) is 32.2 Å². The van der Waals surface area contributed by atoms with Gasteiger partial charge in [-0.3, -0.25) is 10.6 Å². The first-order valence-electron chi connectivity index (χ1n) is 6.59. The molecule has 1 aliphatic rings. The van der Waals surface area contributed by atoms with Crippen molar-refractivity contribution in [2.45, 2.75) is 12.8 Å². The third kappa shape index (κ3) is 3.45. The molecule has 1 aliphatic heterocycles. The van der Waals surface area contributed by atoms with Gasteiger partial charge in [0.1, 0.15) is 0 Å². The average molecular weight is 263 g/mol. The molecule has 1 aromatic carbocycles. The maximum Gasteiger partial charge on any atom is 0.253 e. The van der Waals surface area contributed by atoms with Crippen molar-refractivity contribution >= 4 is 11.6 Å². The van der Waals surface area contributed by atoms with Gasteiger partial charge < -0.3 is 15.1 Å². The van der Waals surface area contributed by atoms with Gasteiger partial charge >= 0.3 is 0 Å². The molecule has 0 spiro atoms. The lowest BCUT2D eigenvalue weighted by molar-refractivity contribution is 0.0613. The zero-order valence-corrected chi connectivity index (χ0v) is 11.3. The summed E-state index contributed by atoms with van der Waals surface area (Å²) in [5.41, 5.74) is 4.07. The van der Waals surface area contributed by atoms with E-state index in [0.29, 0.717) is 11.5 Å². The first-order valence-corrected chi connectivity index (χ1v) is 6.59. The van der Waals surface area contributed by atoms with Gasteiger partial charge in [0.25, 0.3) is 5.91 Å². The zero-order chi connectivity index (χ0) is 13.7. The fourth-order valence-electron chi connectivity index (χ4n) is 2.43. The van der Waals surface area contributed by atoms with Gasteiger partial charge in [0.15, 0.2) is 0 Å². The van der Waals surface area contributed by atoms with Crippen LogP contribution in [-0.4, -0.2) is 37.6 Å². The second-order valence-electron chi connectivity index (χ2n) is 4.91. The molecule has 104 valence electrons. The smallest absolute Gasteiger partial charge is 0.253 e. The first-order chi connectivity index (χ1) is 9.24. The molecule has 19 heavy (non-hydrogen) atoms. The molecule has 0 aliphatic carbocycles. The summed E-state index contributed by atoms with van der Waals surface area (Å²) in [6.45, 7) is 2.41. The number of nitrogens with one attached hydrogen (secondary N) is 1. The molecule has 0 bridgehead atoms. The van der Waals surface area contributed by atoms with E-state index in [1.165, 1.54) is 0 Å². The number of amides is 1. The number of nitrogens with zero attached hydrogens (tertiary/aromatic N) is 1. The van der Waals surface area contributed by atoms with E-state index in [-0.39, 0.29) is 5.91 Å². The third-order valence-corrected chi connectivity index (χ3v) is 3.60. The van der Waals surface area contributed by atoms with E-state index in [0.717, 1.165) is 38.2 Å². The number of rotatable bonds is 4. The number of piperidine rings is 1. The number of nitrogens with two attached hydrogens (primary N) is 1. The predicted octanol–water partition coefficient (Wildman–Crippen LogP) is 1.47. The second kappa shape index (κ2) is 6.54. The van der Waals surface area contributed by atoms with E-state index in [1.54, 1.807) is 19.2 Å². The van der Waals surface area contributed by atoms with Crippen LogP contribution >= 0.6 is 0 Å². The Morgan fingerprint density at radius 2 is 2.00 bits per heavy atom. The van der Waals surface area contributed by atoms with Crippen LogP contribution in [0.4, 0.5) is 5.69 Å². The number of hydrogen-bond donors (Lipinski definition) is 2. The maximum absolute atomic E-state index is 12.3. The molecule has 5 heteroatoms. The Kier molecular flexibility index (Phi) is 4.76. The highest BCUT2D eigenvalue weighted by molar-refractivity contribution is 5.94. The Labute approximate surface area is 113 Å². The van der Waals surface area contributed by atoms with Crippen LogP contribution in [0, 0.1) is 5.92 Å². The number of methoxy groups -OCH3 is 1. The van der Waals surface area contributed by atoms with Crippen LogP contribution in [0.5, 0.6) is 0 Å². The van der Waals surface area contributed by atoms with E-state index >= 15 is 0 Å². The van der Waals surface area contributed by atoms with Gasteiger partial charge in [-0.15, -0.1) is 0 Å². The Hall–Kier alpha value is -1.59. The molecule has 1 heterocycles. The molecular formula is C14H21N3O2. The Morgan fingerprint density at radius 1 is 1.37 bits per heavy atom. The highest BCUT2D eigenvalue weighted by Gasteiger charge is 2.23. The van der Waals surface area contributed by atoms with Crippen LogP contribution in [-0.2, 0) is 4.74 Å². The van der Waals surface area contributed by atoms with E-state index in [9.17, 15) is 4.79 Å². The summed E-state index contributed by atoms with van der Waals surface area (Å²) >= 11 is 0. The lowest BCUT2D eigenvalue weighted by Gasteiger charge is -2.31. The summed E-state index contributed by atoms with van der Waals surface area (Å²) in [7, 11) is 1.73. The normalized spacial score (nSPS) is 16.4. The zero-order valence-electron chi connectivity index (χ0n) is 11.3. The summed E-state index contributed by atoms with van der Waals surface area (Å²) in [6.07, 6.45) is 2.03. The molecule has 0 atom stereocenters. The monoisotopic (exact) mass is 263 g/mol. The quantitative estimate of drug-likeness (QED) is 0.637. The van der Waals surface area contributed by atoms with Crippen molar-refractivity contribution in [2.24, 2.45) is 11.8 Å². The van der Waals surface area contributed by atoms with Gasteiger partial charge in [0.2, 0.25) is 0 Å². The molecule has 0 radical (unpaired) electrons. The van der Waals surface area contributed by atoms with Crippen molar-refractivity contribution in [1.29, 1.82) is 0 Å². The van der Waals surface area contributed by atoms with Crippen molar-refractivity contribution in [1.82, 2.24) is 4.90 Å². The SMILES string of the molecule is COCC1CCN(C(=O)c2ccc(NN)cc2)CC1. The highest BCUT2D eigenvalue weighted by atomic mass is 16.5. The molecule has 1 amide bonds. The molecule has 0 unspecified atom stereocenters. The van der Waals surface area contributed by atoms with Crippen LogP contribution in [0.1, 0.15) is 23.2 Å². The van der Waals surface area contributed by atoms with Crippen LogP contribution in [0.3, 0.4) is 0 Å². The lowest BCUT2D eigenvalue weighted by atomic mass is 9.97. The largest absolute Gasteiger partial charge is 0.384 e. The maximum atomic E-state index is 12.3. The summed E-state index contributed by atoms with van der Waals surface area (Å²) in [4.78, 5) is 14.2. The van der Waals surface area contributed by atoms with Crippen LogP contribution < -0.4 is 11.3 Å². The van der Waals surface area contributed by atoms with E-state index in [2.05, 4.69) is 5.43 Å². The number of likely N-dealkylation sites (tertiary alicyclic amines) is 1. The summed E-state index contributed by atoms with van der Waals surface area (Å²) in [5.74, 6) is 5.98. The number of hydrogen-bond acceptors (Lipinski definition) is 4. The summed E-state index contributed by atoms with van der Waals surface area (Å²) < 4.78 is 5.16. The number of ether oxygens (including phenoxy) is 1. The number of carbonyl (C=O) groups excluding carboxylic acids is 1. The lowest BCUT2D eigenvalue weighted by Crippen LogP contribution is -2.39. The Bertz CT molecular complexity index is 411. The first kappa shape index (κ1) is 13.8. The van der Waals surface area contributed by atoms with Crippen LogP contribution in [0.15, 0.2) is 24.3 Å². The molecule has 1 aromatic rings. The van der Waals surface area contributed by atoms with Gasteiger partial charge in [0.05, 0.1) is 0 Å². The molecular weight excluding hydrogens is 242 g/mol. The van der Waals surface area contributed by atoms with E-state index < -0.39 is 0 Å². The van der Waals surface area contributed by atoms with E-state index in [4.69, 9.17) is 10.6 Å². The number of hydrazine groups is 1. The van der Waals surface area contributed by atoms with Crippen molar-refractivity contribution in [3.63, 3.8) is 0 Å². The number of nitrogen functional groups attached to an aromatic ring is 1. The van der Waals surface area contributed by atoms with Crippen molar-refractivity contribution in [3.05, 3.63) is 29.8 Å². The number of benzene rings is 1.